The zero-order valence-corrected chi connectivity index (χ0v) is 9.53. The molecule has 1 amide bonds. The largest absolute Gasteiger partial charge is 0.456 e. The summed E-state index contributed by atoms with van der Waals surface area (Å²) < 4.78 is 4.61. The van der Waals surface area contributed by atoms with Crippen molar-refractivity contribution in [3.8, 4) is 0 Å². The van der Waals surface area contributed by atoms with Gasteiger partial charge in [-0.1, -0.05) is 18.2 Å². The molecule has 0 aromatic heterocycles. The van der Waals surface area contributed by atoms with E-state index in [1.54, 1.807) is 11.8 Å². The van der Waals surface area contributed by atoms with Crippen LogP contribution in [0.4, 0.5) is 0 Å². The maximum Gasteiger partial charge on any atom is 0.307 e. The smallest absolute Gasteiger partial charge is 0.307 e. The normalized spacial score (nSPS) is 9.75. The van der Waals surface area contributed by atoms with Gasteiger partial charge in [-0.3, -0.25) is 9.59 Å². The molecule has 86 valence electrons. The summed E-state index contributed by atoms with van der Waals surface area (Å²) in [7, 11) is 0. The SMILES string of the molecule is NC(=O)COC(=O)CCSc1ccccc1. The molecule has 16 heavy (non-hydrogen) atoms. The first-order chi connectivity index (χ1) is 7.68. The van der Waals surface area contributed by atoms with Gasteiger partial charge < -0.3 is 10.5 Å². The van der Waals surface area contributed by atoms with E-state index in [0.717, 1.165) is 4.90 Å². The van der Waals surface area contributed by atoms with Gasteiger partial charge in [0.25, 0.3) is 5.91 Å². The quantitative estimate of drug-likeness (QED) is 0.598. The lowest BCUT2D eigenvalue weighted by Gasteiger charge is -2.02. The number of benzene rings is 1. The summed E-state index contributed by atoms with van der Waals surface area (Å²) in [6.07, 6.45) is 0.271. The third kappa shape index (κ3) is 5.41. The summed E-state index contributed by atoms with van der Waals surface area (Å²) in [6, 6.07) is 9.76. The van der Waals surface area contributed by atoms with Crippen molar-refractivity contribution in [2.24, 2.45) is 5.73 Å². The number of ether oxygens (including phenoxy) is 1. The Bertz CT molecular complexity index is 354. The molecule has 4 nitrogen and oxygen atoms in total. The standard InChI is InChI=1S/C11H13NO3S/c12-10(13)8-15-11(14)6-7-16-9-4-2-1-3-5-9/h1-5H,6-8H2,(H2,12,13). The molecular weight excluding hydrogens is 226 g/mol. The highest BCUT2D eigenvalue weighted by Crippen LogP contribution is 2.17. The van der Waals surface area contributed by atoms with Gasteiger partial charge in [-0.05, 0) is 12.1 Å². The highest BCUT2D eigenvalue weighted by molar-refractivity contribution is 7.99. The Hall–Kier alpha value is -1.49. The Kier molecular flexibility index (Phi) is 5.42. The number of amides is 1. The van der Waals surface area contributed by atoms with Crippen LogP contribution in [-0.2, 0) is 14.3 Å². The van der Waals surface area contributed by atoms with E-state index in [1.807, 2.05) is 30.3 Å². The van der Waals surface area contributed by atoms with Crippen LogP contribution in [0.2, 0.25) is 0 Å². The molecule has 0 saturated carbocycles. The molecule has 0 saturated heterocycles. The van der Waals surface area contributed by atoms with Gasteiger partial charge >= 0.3 is 5.97 Å². The second-order valence-electron chi connectivity index (χ2n) is 3.04. The minimum Gasteiger partial charge on any atom is -0.456 e. The van der Waals surface area contributed by atoms with E-state index in [9.17, 15) is 9.59 Å². The van der Waals surface area contributed by atoms with Crippen molar-refractivity contribution in [2.45, 2.75) is 11.3 Å². The molecule has 0 aliphatic carbocycles. The van der Waals surface area contributed by atoms with Crippen LogP contribution >= 0.6 is 11.8 Å². The number of carbonyl (C=O) groups excluding carboxylic acids is 2. The average molecular weight is 239 g/mol. The van der Waals surface area contributed by atoms with Gasteiger partial charge in [0.05, 0.1) is 6.42 Å². The Labute approximate surface area is 98.2 Å². The van der Waals surface area contributed by atoms with Gasteiger partial charge in [0, 0.05) is 10.6 Å². The van der Waals surface area contributed by atoms with E-state index in [1.165, 1.54) is 0 Å². The number of thioether (sulfide) groups is 1. The zero-order chi connectivity index (χ0) is 11.8. The lowest BCUT2D eigenvalue weighted by atomic mass is 10.4. The molecule has 0 fully saturated rings. The van der Waals surface area contributed by atoms with Gasteiger partial charge in [0.15, 0.2) is 6.61 Å². The lowest BCUT2D eigenvalue weighted by Crippen LogP contribution is -2.20. The van der Waals surface area contributed by atoms with Crippen molar-refractivity contribution in [3.05, 3.63) is 30.3 Å². The van der Waals surface area contributed by atoms with Crippen LogP contribution in [0.5, 0.6) is 0 Å². The Morgan fingerprint density at radius 3 is 2.56 bits per heavy atom. The van der Waals surface area contributed by atoms with E-state index in [2.05, 4.69) is 4.74 Å². The average Bonchev–Trinajstić information content (AvgIpc) is 2.28. The predicted octanol–water partition coefficient (Wildman–Crippen LogP) is 1.20. The fourth-order valence-corrected chi connectivity index (χ4v) is 1.85. The highest BCUT2D eigenvalue weighted by Gasteiger charge is 2.04. The molecule has 1 aromatic rings. The van der Waals surface area contributed by atoms with Crippen LogP contribution in [-0.4, -0.2) is 24.2 Å². The van der Waals surface area contributed by atoms with Gasteiger partial charge in [-0.25, -0.2) is 0 Å². The zero-order valence-electron chi connectivity index (χ0n) is 8.72. The number of hydrogen-bond donors (Lipinski definition) is 1. The van der Waals surface area contributed by atoms with E-state index in [-0.39, 0.29) is 13.0 Å². The molecule has 0 bridgehead atoms. The van der Waals surface area contributed by atoms with Gasteiger partial charge in [0.2, 0.25) is 0 Å². The molecule has 0 aliphatic heterocycles. The fourth-order valence-electron chi connectivity index (χ4n) is 0.993. The van der Waals surface area contributed by atoms with Gasteiger partial charge in [0.1, 0.15) is 0 Å². The molecule has 0 radical (unpaired) electrons. The summed E-state index contributed by atoms with van der Waals surface area (Å²) >= 11 is 1.57. The number of esters is 1. The van der Waals surface area contributed by atoms with E-state index in [4.69, 9.17) is 5.73 Å². The van der Waals surface area contributed by atoms with Crippen LogP contribution < -0.4 is 5.73 Å². The number of primary amides is 1. The van der Waals surface area contributed by atoms with Gasteiger partial charge in [-0.2, -0.15) is 0 Å². The lowest BCUT2D eigenvalue weighted by molar-refractivity contribution is -0.147. The van der Waals surface area contributed by atoms with Crippen molar-refractivity contribution in [1.82, 2.24) is 0 Å². The summed E-state index contributed by atoms with van der Waals surface area (Å²) in [5.41, 5.74) is 4.84. The van der Waals surface area contributed by atoms with Crippen LogP contribution in [0.25, 0.3) is 0 Å². The third-order valence-corrected chi connectivity index (χ3v) is 2.71. The monoisotopic (exact) mass is 239 g/mol. The maximum atomic E-state index is 11.1. The minimum atomic E-state index is -0.635. The Balaban J connectivity index is 2.16. The maximum absolute atomic E-state index is 11.1. The van der Waals surface area contributed by atoms with Crippen molar-refractivity contribution < 1.29 is 14.3 Å². The molecule has 0 spiro atoms. The minimum absolute atomic E-state index is 0.271. The molecule has 0 heterocycles. The summed E-state index contributed by atoms with van der Waals surface area (Å²) in [5, 5.41) is 0. The molecule has 5 heteroatoms. The summed E-state index contributed by atoms with van der Waals surface area (Å²) in [4.78, 5) is 22.5. The van der Waals surface area contributed by atoms with Crippen LogP contribution in [0.3, 0.4) is 0 Å². The summed E-state index contributed by atoms with van der Waals surface area (Å²) in [5.74, 6) is -0.409. The van der Waals surface area contributed by atoms with Gasteiger partial charge in [-0.15, -0.1) is 11.8 Å². The highest BCUT2D eigenvalue weighted by atomic mass is 32.2. The van der Waals surface area contributed by atoms with Crippen molar-refractivity contribution in [3.63, 3.8) is 0 Å². The molecule has 2 N–H and O–H groups in total. The third-order valence-electron chi connectivity index (χ3n) is 1.69. The van der Waals surface area contributed by atoms with Crippen LogP contribution in [0.1, 0.15) is 6.42 Å². The number of hydrogen-bond acceptors (Lipinski definition) is 4. The number of nitrogens with two attached hydrogens (primary N) is 1. The van der Waals surface area contributed by atoms with E-state index >= 15 is 0 Å². The van der Waals surface area contributed by atoms with E-state index in [0.29, 0.717) is 5.75 Å². The predicted molar refractivity (Wildman–Crippen MR) is 61.9 cm³/mol. The second-order valence-corrected chi connectivity index (χ2v) is 4.21. The topological polar surface area (TPSA) is 69.4 Å². The Morgan fingerprint density at radius 1 is 1.25 bits per heavy atom. The second kappa shape index (κ2) is 6.90. The molecule has 0 atom stereocenters. The molecule has 1 rings (SSSR count). The van der Waals surface area contributed by atoms with Crippen molar-refractivity contribution in [1.29, 1.82) is 0 Å². The number of carbonyl (C=O) groups is 2. The summed E-state index contributed by atoms with van der Waals surface area (Å²) in [6.45, 7) is -0.338. The first-order valence-electron chi connectivity index (χ1n) is 4.80. The fraction of sp³-hybridized carbons (Fsp3) is 0.273. The van der Waals surface area contributed by atoms with Crippen LogP contribution in [0, 0.1) is 0 Å². The van der Waals surface area contributed by atoms with Crippen molar-refractivity contribution in [2.75, 3.05) is 12.4 Å². The first-order valence-corrected chi connectivity index (χ1v) is 5.79. The molecular formula is C11H13NO3S. The molecule has 1 aromatic carbocycles. The number of rotatable bonds is 6. The van der Waals surface area contributed by atoms with Crippen molar-refractivity contribution >= 4 is 23.6 Å². The van der Waals surface area contributed by atoms with Crippen LogP contribution in [0.15, 0.2) is 35.2 Å². The van der Waals surface area contributed by atoms with E-state index < -0.39 is 11.9 Å². The molecule has 0 unspecified atom stereocenters. The molecule has 0 aliphatic rings. The Morgan fingerprint density at radius 2 is 1.94 bits per heavy atom. The first kappa shape index (κ1) is 12.6.